The van der Waals surface area contributed by atoms with Gasteiger partial charge in [-0.2, -0.15) is 0 Å². The number of thiazole rings is 1. The molecule has 3 aromatic carbocycles. The molecule has 0 fully saturated rings. The van der Waals surface area contributed by atoms with Gasteiger partial charge in [-0.25, -0.2) is 9.79 Å². The van der Waals surface area contributed by atoms with E-state index >= 15 is 0 Å². The minimum atomic E-state index is -0.984. The van der Waals surface area contributed by atoms with Crippen LogP contribution in [0.15, 0.2) is 106 Å². The molecule has 1 aliphatic rings. The zero-order valence-corrected chi connectivity index (χ0v) is 25.9. The number of ether oxygens (including phenoxy) is 1. The number of benzene rings is 3. The quantitative estimate of drug-likeness (QED) is 0.267. The molecule has 0 saturated carbocycles. The van der Waals surface area contributed by atoms with E-state index in [1.807, 2.05) is 85.2 Å². The molecule has 2 aromatic heterocycles. The second-order valence-electron chi connectivity index (χ2n) is 10.7. The highest BCUT2D eigenvalue weighted by Gasteiger charge is 2.32. The van der Waals surface area contributed by atoms with Crippen LogP contribution in [-0.2, 0) is 4.79 Å². The van der Waals surface area contributed by atoms with Crippen molar-refractivity contribution in [3.63, 3.8) is 0 Å². The molecule has 6 rings (SSSR count). The Bertz CT molecular complexity index is 2160. The lowest BCUT2D eigenvalue weighted by Crippen LogP contribution is -2.40. The van der Waals surface area contributed by atoms with Crippen molar-refractivity contribution in [2.45, 2.75) is 26.8 Å². The van der Waals surface area contributed by atoms with Crippen molar-refractivity contribution < 1.29 is 19.4 Å². The zero-order chi connectivity index (χ0) is 31.8. The number of methoxy groups -OCH3 is 1. The van der Waals surface area contributed by atoms with Crippen molar-refractivity contribution in [3.8, 4) is 11.4 Å². The molecule has 9 nitrogen and oxygen atoms in total. The maximum absolute atomic E-state index is 14.2. The summed E-state index contributed by atoms with van der Waals surface area (Å²) in [5, 5.41) is 12.2. The first-order valence-electron chi connectivity index (χ1n) is 14.2. The van der Waals surface area contributed by atoms with Gasteiger partial charge < -0.3 is 19.7 Å². The highest BCUT2D eigenvalue weighted by molar-refractivity contribution is 7.07. The van der Waals surface area contributed by atoms with Gasteiger partial charge >= 0.3 is 5.97 Å². The van der Waals surface area contributed by atoms with Crippen LogP contribution in [0.25, 0.3) is 11.8 Å². The maximum Gasteiger partial charge on any atom is 0.335 e. The number of rotatable bonds is 7. The number of carbonyl (C=O) groups excluding carboxylic acids is 1. The van der Waals surface area contributed by atoms with Gasteiger partial charge in [-0.15, -0.1) is 0 Å². The summed E-state index contributed by atoms with van der Waals surface area (Å²) in [5.41, 5.74) is 5.74. The second-order valence-corrected chi connectivity index (χ2v) is 11.7. The van der Waals surface area contributed by atoms with Crippen LogP contribution in [0.3, 0.4) is 0 Å². The first-order chi connectivity index (χ1) is 21.7. The van der Waals surface area contributed by atoms with Crippen molar-refractivity contribution >= 4 is 35.0 Å². The van der Waals surface area contributed by atoms with E-state index in [0.29, 0.717) is 32.0 Å². The summed E-state index contributed by atoms with van der Waals surface area (Å²) >= 11 is 1.27. The maximum atomic E-state index is 14.2. The minimum Gasteiger partial charge on any atom is -0.497 e. The Morgan fingerprint density at radius 1 is 0.978 bits per heavy atom. The lowest BCUT2D eigenvalue weighted by molar-refractivity contribution is -0.113. The monoisotopic (exact) mass is 618 g/mol. The lowest BCUT2D eigenvalue weighted by atomic mass is 9.95. The molecule has 45 heavy (non-hydrogen) atoms. The van der Waals surface area contributed by atoms with E-state index in [1.165, 1.54) is 11.3 Å². The molecule has 226 valence electrons. The Hall–Kier alpha value is -5.48. The SMILES string of the molecule is COc1ccc([C@H]2C(C(=O)Nc3ccccc3)=C(C)N=c3s/c(=C/c4cc(C)n(-c5ccc(C(=O)O)cc5)c4C)c(=O)n32)cc1. The molecule has 0 spiro atoms. The molecule has 0 aliphatic carbocycles. The van der Waals surface area contributed by atoms with E-state index in [4.69, 9.17) is 9.73 Å². The van der Waals surface area contributed by atoms with E-state index in [0.717, 1.165) is 28.2 Å². The van der Waals surface area contributed by atoms with Crippen LogP contribution in [-0.4, -0.2) is 33.2 Å². The normalized spacial score (nSPS) is 14.6. The van der Waals surface area contributed by atoms with Crippen molar-refractivity contribution in [1.29, 1.82) is 0 Å². The highest BCUT2D eigenvalue weighted by Crippen LogP contribution is 2.32. The average Bonchev–Trinajstić information content (AvgIpc) is 3.49. The fraction of sp³-hybridized carbons (Fsp3) is 0.143. The van der Waals surface area contributed by atoms with Crippen LogP contribution in [0.1, 0.15) is 45.8 Å². The van der Waals surface area contributed by atoms with Crippen LogP contribution in [0.4, 0.5) is 5.69 Å². The predicted octanol–water partition coefficient (Wildman–Crippen LogP) is 4.99. The van der Waals surface area contributed by atoms with E-state index < -0.39 is 12.0 Å². The standard InChI is InChI=1S/C35H30N4O5S/c1-20-18-25(22(3)38(20)27-14-10-24(11-15-27)34(42)43)19-29-33(41)39-31(23-12-16-28(44-4)17-13-23)30(21(2)36-35(39)45-29)32(40)37-26-8-6-5-7-9-26/h5-19,31H,1-4H3,(H,37,40)(H,42,43)/b29-19+/t31-/m0/s1. The molecule has 0 saturated heterocycles. The molecular formula is C35H30N4O5S. The van der Waals surface area contributed by atoms with E-state index in [9.17, 15) is 19.5 Å². The first-order valence-corrected chi connectivity index (χ1v) is 15.0. The van der Waals surface area contributed by atoms with Crippen molar-refractivity contribution in [2.75, 3.05) is 12.4 Å². The van der Waals surface area contributed by atoms with Gasteiger partial charge in [0, 0.05) is 22.8 Å². The number of allylic oxidation sites excluding steroid dienone is 1. The van der Waals surface area contributed by atoms with Gasteiger partial charge in [0.25, 0.3) is 11.5 Å². The van der Waals surface area contributed by atoms with E-state index in [-0.39, 0.29) is 17.0 Å². The molecule has 0 bridgehead atoms. The van der Waals surface area contributed by atoms with Gasteiger partial charge in [-0.1, -0.05) is 41.7 Å². The van der Waals surface area contributed by atoms with Crippen molar-refractivity contribution in [2.24, 2.45) is 4.99 Å². The summed E-state index contributed by atoms with van der Waals surface area (Å²) in [6.45, 7) is 5.70. The number of aromatic nitrogens is 2. The number of carbonyl (C=O) groups is 2. The van der Waals surface area contributed by atoms with Crippen LogP contribution in [0.5, 0.6) is 5.75 Å². The summed E-state index contributed by atoms with van der Waals surface area (Å²) in [6.07, 6.45) is 1.85. The molecule has 0 unspecified atom stereocenters. The molecule has 0 radical (unpaired) electrons. The highest BCUT2D eigenvalue weighted by atomic mass is 32.1. The topological polar surface area (TPSA) is 115 Å². The number of anilines is 1. The number of nitrogens with zero attached hydrogens (tertiary/aromatic N) is 3. The second kappa shape index (κ2) is 11.9. The minimum absolute atomic E-state index is 0.209. The molecule has 2 N–H and O–H groups in total. The summed E-state index contributed by atoms with van der Waals surface area (Å²) in [5.74, 6) is -0.660. The first kappa shape index (κ1) is 29.6. The number of fused-ring (bicyclic) bond motifs is 1. The number of aryl methyl sites for hydroxylation is 1. The number of hydrogen-bond donors (Lipinski definition) is 2. The Morgan fingerprint density at radius 2 is 1.67 bits per heavy atom. The third-order valence-electron chi connectivity index (χ3n) is 7.86. The van der Waals surface area contributed by atoms with Crippen molar-refractivity contribution in [3.05, 3.63) is 144 Å². The van der Waals surface area contributed by atoms with Crippen LogP contribution in [0, 0.1) is 13.8 Å². The zero-order valence-electron chi connectivity index (χ0n) is 25.1. The van der Waals surface area contributed by atoms with Gasteiger partial charge in [0.1, 0.15) is 5.75 Å². The molecule has 1 atom stereocenters. The predicted molar refractivity (Wildman–Crippen MR) is 174 cm³/mol. The molecular weight excluding hydrogens is 588 g/mol. The number of aromatic carboxylic acids is 1. The third-order valence-corrected chi connectivity index (χ3v) is 8.84. The van der Waals surface area contributed by atoms with Gasteiger partial charge in [0.05, 0.1) is 34.5 Å². The number of amides is 1. The Balaban J connectivity index is 1.47. The molecule has 10 heteroatoms. The number of nitrogens with one attached hydrogen (secondary N) is 1. The summed E-state index contributed by atoms with van der Waals surface area (Å²) in [7, 11) is 1.59. The number of carboxylic acid groups (broad SMARTS) is 1. The largest absolute Gasteiger partial charge is 0.497 e. The molecule has 5 aromatic rings. The van der Waals surface area contributed by atoms with Gasteiger partial charge in [0.2, 0.25) is 0 Å². The van der Waals surface area contributed by atoms with E-state index in [1.54, 1.807) is 42.9 Å². The Labute approximate surface area is 262 Å². The lowest BCUT2D eigenvalue weighted by Gasteiger charge is -2.25. The van der Waals surface area contributed by atoms with E-state index in [2.05, 4.69) is 5.32 Å². The summed E-state index contributed by atoms with van der Waals surface area (Å²) in [4.78, 5) is 44.5. The van der Waals surface area contributed by atoms with Crippen molar-refractivity contribution in [1.82, 2.24) is 9.13 Å². The Morgan fingerprint density at radius 3 is 2.31 bits per heavy atom. The molecule has 1 aliphatic heterocycles. The fourth-order valence-corrected chi connectivity index (χ4v) is 6.70. The van der Waals surface area contributed by atoms with Crippen LogP contribution >= 0.6 is 11.3 Å². The number of hydrogen-bond acceptors (Lipinski definition) is 6. The number of para-hydroxylation sites is 1. The average molecular weight is 619 g/mol. The fourth-order valence-electron chi connectivity index (χ4n) is 5.66. The molecule has 1 amide bonds. The third kappa shape index (κ3) is 5.51. The van der Waals surface area contributed by atoms with Crippen LogP contribution in [0.2, 0.25) is 0 Å². The van der Waals surface area contributed by atoms with Gasteiger partial charge in [-0.3, -0.25) is 14.2 Å². The van der Waals surface area contributed by atoms with Gasteiger partial charge in [-0.05, 0) is 92.6 Å². The molecule has 3 heterocycles. The summed E-state index contributed by atoms with van der Waals surface area (Å²) < 4.78 is 9.45. The number of carboxylic acids is 1. The smallest absolute Gasteiger partial charge is 0.335 e. The Kier molecular flexibility index (Phi) is 7.82. The van der Waals surface area contributed by atoms with Crippen LogP contribution < -0.4 is 24.9 Å². The summed E-state index contributed by atoms with van der Waals surface area (Å²) in [6, 6.07) is 24.5. The van der Waals surface area contributed by atoms with Gasteiger partial charge in [0.15, 0.2) is 4.80 Å².